The molecule has 4 rings (SSSR count). The van der Waals surface area contributed by atoms with E-state index in [4.69, 9.17) is 21.0 Å². The lowest BCUT2D eigenvalue weighted by atomic mass is 10.1. The highest BCUT2D eigenvalue weighted by atomic mass is 35.5. The molecule has 0 aliphatic heterocycles. The second kappa shape index (κ2) is 5.94. The Bertz CT molecular complexity index is 924. The Balaban J connectivity index is 1.76. The summed E-state index contributed by atoms with van der Waals surface area (Å²) in [5.74, 6) is 1.94. The van der Waals surface area contributed by atoms with Gasteiger partial charge in [-0.15, -0.1) is 0 Å². The molecule has 0 saturated heterocycles. The fourth-order valence-corrected chi connectivity index (χ4v) is 2.91. The van der Waals surface area contributed by atoms with Crippen LogP contribution in [0.15, 0.2) is 71.3 Å². The van der Waals surface area contributed by atoms with Gasteiger partial charge in [-0.3, -0.25) is 0 Å². The summed E-state index contributed by atoms with van der Waals surface area (Å²) in [4.78, 5) is 4.80. The van der Waals surface area contributed by atoms with E-state index < -0.39 is 0 Å². The molecule has 4 aromatic rings. The molecular formula is C19H15ClN2O. The number of nitrogens with zero attached hydrogens (tertiary/aromatic N) is 2. The van der Waals surface area contributed by atoms with Gasteiger partial charge in [0, 0.05) is 11.4 Å². The van der Waals surface area contributed by atoms with Gasteiger partial charge in [-0.05, 0) is 42.0 Å². The molecule has 0 bridgehead atoms. The minimum Gasteiger partial charge on any atom is -0.467 e. The number of aromatic nitrogens is 2. The van der Waals surface area contributed by atoms with E-state index in [1.165, 1.54) is 5.56 Å². The molecule has 114 valence electrons. The maximum Gasteiger partial charge on any atom is 0.123 e. The molecule has 0 unspecified atom stereocenters. The maximum atomic E-state index is 5.97. The molecule has 2 heterocycles. The average molecular weight is 323 g/mol. The van der Waals surface area contributed by atoms with Crippen molar-refractivity contribution < 1.29 is 4.42 Å². The molecule has 0 radical (unpaired) electrons. The number of benzene rings is 2. The van der Waals surface area contributed by atoms with Crippen molar-refractivity contribution in [3.05, 3.63) is 89.1 Å². The molecule has 0 amide bonds. The monoisotopic (exact) mass is 322 g/mol. The predicted molar refractivity (Wildman–Crippen MR) is 91.8 cm³/mol. The van der Waals surface area contributed by atoms with Crippen LogP contribution < -0.4 is 0 Å². The van der Waals surface area contributed by atoms with E-state index in [0.717, 1.165) is 34.1 Å². The van der Waals surface area contributed by atoms with Crippen LogP contribution in [0.4, 0.5) is 0 Å². The summed E-state index contributed by atoms with van der Waals surface area (Å²) < 4.78 is 7.72. The molecule has 0 spiro atoms. The Labute approximate surface area is 139 Å². The molecule has 0 aliphatic carbocycles. The van der Waals surface area contributed by atoms with E-state index in [1.807, 2.05) is 54.6 Å². The Morgan fingerprint density at radius 2 is 1.78 bits per heavy atom. The number of rotatable bonds is 4. The lowest BCUT2D eigenvalue weighted by molar-refractivity contribution is 0.492. The highest BCUT2D eigenvalue weighted by molar-refractivity contribution is 6.30. The first kappa shape index (κ1) is 14.1. The number of furan rings is 1. The van der Waals surface area contributed by atoms with E-state index in [1.54, 1.807) is 6.26 Å². The fourth-order valence-electron chi connectivity index (χ4n) is 2.78. The third-order valence-corrected chi connectivity index (χ3v) is 4.16. The normalized spacial score (nSPS) is 11.2. The number of fused-ring (bicyclic) bond motifs is 1. The molecule has 0 aliphatic rings. The van der Waals surface area contributed by atoms with Crippen LogP contribution in [0, 0.1) is 0 Å². The van der Waals surface area contributed by atoms with Gasteiger partial charge in [-0.1, -0.05) is 35.9 Å². The van der Waals surface area contributed by atoms with Gasteiger partial charge in [-0.25, -0.2) is 4.98 Å². The quantitative estimate of drug-likeness (QED) is 0.534. The van der Waals surface area contributed by atoms with Crippen LogP contribution in [0.1, 0.15) is 17.1 Å². The van der Waals surface area contributed by atoms with Crippen LogP contribution in [0.25, 0.3) is 11.0 Å². The summed E-state index contributed by atoms with van der Waals surface area (Å²) in [6.45, 7) is 0.677. The first-order chi connectivity index (χ1) is 11.3. The van der Waals surface area contributed by atoms with E-state index in [-0.39, 0.29) is 0 Å². The molecule has 3 nitrogen and oxygen atoms in total. The number of para-hydroxylation sites is 2. The molecule has 4 heteroatoms. The van der Waals surface area contributed by atoms with Crippen LogP contribution in [0.5, 0.6) is 0 Å². The van der Waals surface area contributed by atoms with Crippen molar-refractivity contribution in [1.82, 2.24) is 9.55 Å². The zero-order chi connectivity index (χ0) is 15.6. The van der Waals surface area contributed by atoms with Crippen molar-refractivity contribution in [2.45, 2.75) is 13.0 Å². The van der Waals surface area contributed by atoms with Gasteiger partial charge < -0.3 is 8.98 Å². The standard InChI is InChI=1S/C19H15ClN2O/c20-15-9-7-14(8-10-15)12-19-21-17-5-1-2-6-18(17)22(19)13-16-4-3-11-23-16/h1-11H,12-13H2. The zero-order valence-corrected chi connectivity index (χ0v) is 13.2. The molecular weight excluding hydrogens is 308 g/mol. The van der Waals surface area contributed by atoms with Gasteiger partial charge in [0.15, 0.2) is 0 Å². The first-order valence-electron chi connectivity index (χ1n) is 7.50. The van der Waals surface area contributed by atoms with Crippen molar-refractivity contribution in [1.29, 1.82) is 0 Å². The molecule has 0 N–H and O–H groups in total. The second-order valence-corrected chi connectivity index (χ2v) is 5.92. The van der Waals surface area contributed by atoms with E-state index in [9.17, 15) is 0 Å². The SMILES string of the molecule is Clc1ccc(Cc2nc3ccccc3n2Cc2ccco2)cc1. The minimum atomic E-state index is 0.677. The summed E-state index contributed by atoms with van der Waals surface area (Å²) in [5.41, 5.74) is 3.31. The van der Waals surface area contributed by atoms with Crippen molar-refractivity contribution in [2.24, 2.45) is 0 Å². The van der Waals surface area contributed by atoms with E-state index in [0.29, 0.717) is 6.54 Å². The lowest BCUT2D eigenvalue weighted by Crippen LogP contribution is -2.05. The molecule has 2 aromatic carbocycles. The van der Waals surface area contributed by atoms with Crippen LogP contribution in [-0.4, -0.2) is 9.55 Å². The largest absolute Gasteiger partial charge is 0.467 e. The van der Waals surface area contributed by atoms with E-state index in [2.05, 4.69) is 10.6 Å². The molecule has 0 saturated carbocycles. The van der Waals surface area contributed by atoms with Crippen molar-refractivity contribution in [2.75, 3.05) is 0 Å². The zero-order valence-electron chi connectivity index (χ0n) is 12.4. The topological polar surface area (TPSA) is 31.0 Å². The van der Waals surface area contributed by atoms with Crippen LogP contribution >= 0.6 is 11.6 Å². The van der Waals surface area contributed by atoms with Gasteiger partial charge in [0.2, 0.25) is 0 Å². The highest BCUT2D eigenvalue weighted by Crippen LogP contribution is 2.21. The highest BCUT2D eigenvalue weighted by Gasteiger charge is 2.12. The number of hydrogen-bond acceptors (Lipinski definition) is 2. The maximum absolute atomic E-state index is 5.97. The Morgan fingerprint density at radius 3 is 2.57 bits per heavy atom. The summed E-state index contributed by atoms with van der Waals surface area (Å²) in [6.07, 6.45) is 2.46. The third-order valence-electron chi connectivity index (χ3n) is 3.90. The Morgan fingerprint density at radius 1 is 0.957 bits per heavy atom. The molecule has 2 aromatic heterocycles. The Hall–Kier alpha value is -2.52. The van der Waals surface area contributed by atoms with Crippen LogP contribution in [-0.2, 0) is 13.0 Å². The van der Waals surface area contributed by atoms with Gasteiger partial charge >= 0.3 is 0 Å². The minimum absolute atomic E-state index is 0.677. The van der Waals surface area contributed by atoms with Gasteiger partial charge in [0.25, 0.3) is 0 Å². The van der Waals surface area contributed by atoms with Crippen LogP contribution in [0.3, 0.4) is 0 Å². The summed E-state index contributed by atoms with van der Waals surface area (Å²) in [7, 11) is 0. The third kappa shape index (κ3) is 2.88. The van der Waals surface area contributed by atoms with Gasteiger partial charge in [-0.2, -0.15) is 0 Å². The fraction of sp³-hybridized carbons (Fsp3) is 0.105. The average Bonchev–Trinajstić information content (AvgIpc) is 3.19. The van der Waals surface area contributed by atoms with Crippen molar-refractivity contribution in [3.8, 4) is 0 Å². The predicted octanol–water partition coefficient (Wildman–Crippen LogP) is 4.92. The van der Waals surface area contributed by atoms with Crippen molar-refractivity contribution >= 4 is 22.6 Å². The molecule has 0 fully saturated rings. The van der Waals surface area contributed by atoms with Crippen molar-refractivity contribution in [3.63, 3.8) is 0 Å². The van der Waals surface area contributed by atoms with Crippen LogP contribution in [0.2, 0.25) is 5.02 Å². The summed E-state index contributed by atoms with van der Waals surface area (Å²) in [5, 5.41) is 0.748. The first-order valence-corrected chi connectivity index (χ1v) is 7.88. The lowest BCUT2D eigenvalue weighted by Gasteiger charge is -2.08. The second-order valence-electron chi connectivity index (χ2n) is 5.49. The Kier molecular flexibility index (Phi) is 3.64. The smallest absolute Gasteiger partial charge is 0.123 e. The van der Waals surface area contributed by atoms with E-state index >= 15 is 0 Å². The van der Waals surface area contributed by atoms with Gasteiger partial charge in [0.05, 0.1) is 23.8 Å². The summed E-state index contributed by atoms with van der Waals surface area (Å²) in [6, 6.07) is 20.0. The number of hydrogen-bond donors (Lipinski definition) is 0. The van der Waals surface area contributed by atoms with Gasteiger partial charge in [0.1, 0.15) is 11.6 Å². The molecule has 23 heavy (non-hydrogen) atoms. The number of imidazole rings is 1. The number of halogens is 1. The summed E-state index contributed by atoms with van der Waals surface area (Å²) >= 11 is 5.97. The molecule has 0 atom stereocenters.